The van der Waals surface area contributed by atoms with Crippen molar-refractivity contribution in [3.8, 4) is 0 Å². The molecule has 2 aromatic carbocycles. The molecular weight excluding hydrogens is 289 g/mol. The van der Waals surface area contributed by atoms with Crippen LogP contribution in [0.3, 0.4) is 0 Å². The molecule has 0 radical (unpaired) electrons. The predicted octanol–water partition coefficient (Wildman–Crippen LogP) is -0.330. The molecule has 0 aliphatic heterocycles. The monoisotopic (exact) mass is 301 g/mol. The fraction of sp³-hybridized carbons (Fsp3) is 0. The van der Waals surface area contributed by atoms with Crippen molar-refractivity contribution < 1.29 is 19.8 Å². The molecule has 0 spiro atoms. The first kappa shape index (κ1) is 15.5. The predicted molar refractivity (Wildman–Crippen MR) is 81.6 cm³/mol. The number of nitrogens with zero attached hydrogens (tertiary/aromatic N) is 1. The summed E-state index contributed by atoms with van der Waals surface area (Å²) in [5, 5.41) is 29.3. The van der Waals surface area contributed by atoms with Gasteiger partial charge >= 0.3 is 7.12 Å². The number of carbonyl (C=O) groups is 1. The highest BCUT2D eigenvalue weighted by molar-refractivity contribution is 6.58. The smallest absolute Gasteiger partial charge is 0.423 e. The second kappa shape index (κ2) is 5.84. The highest BCUT2D eigenvalue weighted by Crippen LogP contribution is 2.21. The van der Waals surface area contributed by atoms with Crippen LogP contribution >= 0.6 is 0 Å². The Balaban J connectivity index is 2.58. The first-order chi connectivity index (χ1) is 10.3. The van der Waals surface area contributed by atoms with Crippen molar-refractivity contribution in [3.63, 3.8) is 0 Å². The quantitative estimate of drug-likeness (QED) is 0.198. The molecule has 0 saturated heterocycles. The highest BCUT2D eigenvalue weighted by atomic mass is 16.6. The molecule has 0 fully saturated rings. The number of rotatable bonds is 4. The molecule has 0 saturated carbocycles. The molecular formula is C13H12BN3O5. The Bertz CT molecular complexity index is 763. The third-order valence-electron chi connectivity index (χ3n) is 3.03. The van der Waals surface area contributed by atoms with Crippen molar-refractivity contribution in [2.75, 3.05) is 11.5 Å². The van der Waals surface area contributed by atoms with Gasteiger partial charge in [0.25, 0.3) is 5.69 Å². The zero-order chi connectivity index (χ0) is 16.4. The van der Waals surface area contributed by atoms with Crippen LogP contribution in [0.4, 0.5) is 17.1 Å². The Kier molecular flexibility index (Phi) is 4.11. The van der Waals surface area contributed by atoms with Crippen LogP contribution in [-0.4, -0.2) is 27.9 Å². The summed E-state index contributed by atoms with van der Waals surface area (Å²) >= 11 is 0. The van der Waals surface area contributed by atoms with Crippen LogP contribution in [0.5, 0.6) is 0 Å². The van der Waals surface area contributed by atoms with E-state index in [2.05, 4.69) is 0 Å². The van der Waals surface area contributed by atoms with Crippen LogP contribution in [0.25, 0.3) is 0 Å². The van der Waals surface area contributed by atoms with E-state index in [1.807, 2.05) is 0 Å². The number of nitrogens with two attached hydrogens (primary N) is 2. The van der Waals surface area contributed by atoms with E-state index in [-0.39, 0.29) is 22.3 Å². The van der Waals surface area contributed by atoms with E-state index in [1.54, 1.807) is 0 Å². The Labute approximate surface area is 125 Å². The van der Waals surface area contributed by atoms with Crippen LogP contribution in [0, 0.1) is 10.1 Å². The Morgan fingerprint density at radius 1 is 1.14 bits per heavy atom. The number of nitro groups is 1. The van der Waals surface area contributed by atoms with Crippen LogP contribution in [0.15, 0.2) is 36.4 Å². The third kappa shape index (κ3) is 3.05. The average Bonchev–Trinajstić information content (AvgIpc) is 2.48. The minimum atomic E-state index is -1.94. The largest absolute Gasteiger partial charge is 0.488 e. The molecule has 6 N–H and O–H groups in total. The maximum atomic E-state index is 12.4. The van der Waals surface area contributed by atoms with Gasteiger partial charge in [-0.1, -0.05) is 6.07 Å². The molecule has 0 aliphatic carbocycles. The zero-order valence-electron chi connectivity index (χ0n) is 11.3. The molecule has 2 aromatic rings. The van der Waals surface area contributed by atoms with Gasteiger partial charge in [0.05, 0.1) is 4.92 Å². The van der Waals surface area contributed by atoms with Crippen LogP contribution in [-0.2, 0) is 0 Å². The Morgan fingerprint density at radius 2 is 1.82 bits per heavy atom. The van der Waals surface area contributed by atoms with Crippen LogP contribution in [0.2, 0.25) is 0 Å². The maximum Gasteiger partial charge on any atom is 0.488 e. The summed E-state index contributed by atoms with van der Waals surface area (Å²) in [5.74, 6) is -0.601. The van der Waals surface area contributed by atoms with Gasteiger partial charge in [0.2, 0.25) is 0 Å². The lowest BCUT2D eigenvalue weighted by atomic mass is 9.78. The molecule has 22 heavy (non-hydrogen) atoms. The van der Waals surface area contributed by atoms with Gasteiger partial charge in [0, 0.05) is 34.6 Å². The number of hydrogen-bond donors (Lipinski definition) is 4. The Morgan fingerprint density at radius 3 is 2.41 bits per heavy atom. The summed E-state index contributed by atoms with van der Waals surface area (Å²) in [6.45, 7) is 0. The maximum absolute atomic E-state index is 12.4. The van der Waals surface area contributed by atoms with Gasteiger partial charge in [-0.25, -0.2) is 0 Å². The molecule has 8 nitrogen and oxygen atoms in total. The summed E-state index contributed by atoms with van der Waals surface area (Å²) in [7, 11) is -1.94. The van der Waals surface area contributed by atoms with E-state index in [1.165, 1.54) is 18.2 Å². The minimum absolute atomic E-state index is 0.0823. The van der Waals surface area contributed by atoms with Crippen molar-refractivity contribution in [3.05, 3.63) is 57.6 Å². The van der Waals surface area contributed by atoms with Gasteiger partial charge in [-0.3, -0.25) is 14.9 Å². The SMILES string of the molecule is Nc1ccc(N)c(C(=O)c2cc(B(O)O)cc([N+](=O)[O-])c2)c1. The molecule has 9 heteroatoms. The lowest BCUT2D eigenvalue weighted by molar-refractivity contribution is -0.384. The van der Waals surface area contributed by atoms with E-state index in [0.29, 0.717) is 5.69 Å². The van der Waals surface area contributed by atoms with Gasteiger partial charge in [-0.05, 0) is 23.7 Å². The number of hydrogen-bond acceptors (Lipinski definition) is 7. The number of anilines is 2. The summed E-state index contributed by atoms with van der Waals surface area (Å²) in [6, 6.07) is 7.49. The van der Waals surface area contributed by atoms with Crippen molar-refractivity contribution >= 4 is 35.4 Å². The van der Waals surface area contributed by atoms with E-state index in [9.17, 15) is 25.0 Å². The second-order valence-corrected chi connectivity index (χ2v) is 4.62. The van der Waals surface area contributed by atoms with Crippen molar-refractivity contribution in [2.45, 2.75) is 0 Å². The molecule has 0 heterocycles. The molecule has 2 rings (SSSR count). The first-order valence-corrected chi connectivity index (χ1v) is 6.15. The normalized spacial score (nSPS) is 10.3. The zero-order valence-corrected chi connectivity index (χ0v) is 11.3. The van der Waals surface area contributed by atoms with E-state index in [0.717, 1.165) is 18.2 Å². The molecule has 0 unspecified atom stereocenters. The first-order valence-electron chi connectivity index (χ1n) is 6.15. The highest BCUT2D eigenvalue weighted by Gasteiger charge is 2.22. The lowest BCUT2D eigenvalue weighted by Crippen LogP contribution is -2.30. The van der Waals surface area contributed by atoms with E-state index < -0.39 is 23.5 Å². The van der Waals surface area contributed by atoms with Crippen LogP contribution in [0.1, 0.15) is 15.9 Å². The fourth-order valence-corrected chi connectivity index (χ4v) is 1.95. The van der Waals surface area contributed by atoms with Gasteiger partial charge in [0.15, 0.2) is 5.78 Å². The minimum Gasteiger partial charge on any atom is -0.423 e. The molecule has 0 atom stereocenters. The summed E-state index contributed by atoms with van der Waals surface area (Å²) < 4.78 is 0. The number of ketones is 1. The molecule has 0 aromatic heterocycles. The number of non-ortho nitro benzene ring substituents is 1. The van der Waals surface area contributed by atoms with E-state index >= 15 is 0 Å². The molecule has 0 bridgehead atoms. The Hall–Kier alpha value is -2.91. The molecule has 0 amide bonds. The summed E-state index contributed by atoms with van der Waals surface area (Å²) in [6.07, 6.45) is 0. The standard InChI is InChI=1S/C13H12BN3O5/c15-9-1-2-12(16)11(6-9)13(18)7-3-8(14(19)20)5-10(4-7)17(21)22/h1-6,19-20H,15-16H2. The average molecular weight is 301 g/mol. The molecule has 112 valence electrons. The lowest BCUT2D eigenvalue weighted by Gasteiger charge is -2.08. The van der Waals surface area contributed by atoms with Crippen molar-refractivity contribution in [1.82, 2.24) is 0 Å². The van der Waals surface area contributed by atoms with Crippen LogP contribution < -0.4 is 16.9 Å². The number of nitrogen functional groups attached to an aromatic ring is 2. The number of nitro benzene ring substituents is 1. The van der Waals surface area contributed by atoms with Gasteiger partial charge in [-0.2, -0.15) is 0 Å². The number of benzene rings is 2. The fourth-order valence-electron chi connectivity index (χ4n) is 1.95. The van der Waals surface area contributed by atoms with Gasteiger partial charge in [0.1, 0.15) is 0 Å². The van der Waals surface area contributed by atoms with Crippen molar-refractivity contribution in [1.29, 1.82) is 0 Å². The second-order valence-electron chi connectivity index (χ2n) is 4.62. The van der Waals surface area contributed by atoms with Crippen molar-refractivity contribution in [2.24, 2.45) is 0 Å². The van der Waals surface area contributed by atoms with Gasteiger partial charge < -0.3 is 21.5 Å². The number of carbonyl (C=O) groups excluding carboxylic acids is 1. The van der Waals surface area contributed by atoms with E-state index in [4.69, 9.17) is 11.5 Å². The third-order valence-corrected chi connectivity index (χ3v) is 3.03. The molecule has 0 aliphatic rings. The topological polar surface area (TPSA) is 153 Å². The van der Waals surface area contributed by atoms with Gasteiger partial charge in [-0.15, -0.1) is 0 Å². The summed E-state index contributed by atoms with van der Waals surface area (Å²) in [5.41, 5.74) is 11.2. The summed E-state index contributed by atoms with van der Waals surface area (Å²) in [4.78, 5) is 22.6.